The standard InChI is InChI=1S/C18H16N2/c1-12-3-8-17-13(2)20-18(10-16(17)9-12)15-6-4-14(11-19)5-7-15/h3-9,18H,10H2,1-2H3/t18-/m1/s1. The lowest BCUT2D eigenvalue weighted by Crippen LogP contribution is -2.14. The van der Waals surface area contributed by atoms with Crippen molar-refractivity contribution in [2.24, 2.45) is 4.99 Å². The van der Waals surface area contributed by atoms with Crippen molar-refractivity contribution in [3.05, 3.63) is 70.3 Å². The van der Waals surface area contributed by atoms with Gasteiger partial charge >= 0.3 is 0 Å². The first-order valence-corrected chi connectivity index (χ1v) is 6.82. The Labute approximate surface area is 119 Å². The molecule has 0 amide bonds. The van der Waals surface area contributed by atoms with E-state index >= 15 is 0 Å². The van der Waals surface area contributed by atoms with Crippen molar-refractivity contribution in [3.8, 4) is 6.07 Å². The first kappa shape index (κ1) is 12.6. The third-order valence-electron chi connectivity index (χ3n) is 3.84. The highest BCUT2D eigenvalue weighted by Crippen LogP contribution is 2.30. The van der Waals surface area contributed by atoms with Gasteiger partial charge in [0.15, 0.2) is 0 Å². The Bertz CT molecular complexity index is 718. The molecule has 0 unspecified atom stereocenters. The summed E-state index contributed by atoms with van der Waals surface area (Å²) in [4.78, 5) is 4.81. The zero-order valence-corrected chi connectivity index (χ0v) is 11.7. The van der Waals surface area contributed by atoms with Gasteiger partial charge in [0.2, 0.25) is 0 Å². The largest absolute Gasteiger partial charge is 0.281 e. The van der Waals surface area contributed by atoms with E-state index in [1.54, 1.807) is 0 Å². The minimum absolute atomic E-state index is 0.164. The Morgan fingerprint density at radius 3 is 2.55 bits per heavy atom. The van der Waals surface area contributed by atoms with Crippen molar-refractivity contribution in [1.29, 1.82) is 5.26 Å². The number of hydrogen-bond donors (Lipinski definition) is 0. The van der Waals surface area contributed by atoms with Crippen LogP contribution in [0, 0.1) is 18.3 Å². The van der Waals surface area contributed by atoms with E-state index in [2.05, 4.69) is 38.1 Å². The zero-order valence-electron chi connectivity index (χ0n) is 11.7. The number of aryl methyl sites for hydroxylation is 1. The molecule has 2 nitrogen and oxygen atoms in total. The number of aliphatic imine (C=N–C) groups is 1. The van der Waals surface area contributed by atoms with Gasteiger partial charge in [-0.25, -0.2) is 0 Å². The van der Waals surface area contributed by atoms with Crippen LogP contribution in [0.15, 0.2) is 47.5 Å². The molecule has 98 valence electrons. The lowest BCUT2D eigenvalue weighted by atomic mass is 9.89. The molecule has 20 heavy (non-hydrogen) atoms. The molecule has 0 spiro atoms. The lowest BCUT2D eigenvalue weighted by Gasteiger charge is -2.23. The van der Waals surface area contributed by atoms with Crippen LogP contribution in [-0.4, -0.2) is 5.71 Å². The van der Waals surface area contributed by atoms with Crippen LogP contribution >= 0.6 is 0 Å². The molecule has 0 N–H and O–H groups in total. The zero-order chi connectivity index (χ0) is 14.1. The Morgan fingerprint density at radius 2 is 1.85 bits per heavy atom. The average Bonchev–Trinajstić information content (AvgIpc) is 2.46. The van der Waals surface area contributed by atoms with E-state index in [-0.39, 0.29) is 6.04 Å². The quantitative estimate of drug-likeness (QED) is 0.764. The summed E-state index contributed by atoms with van der Waals surface area (Å²) >= 11 is 0. The van der Waals surface area contributed by atoms with Crippen LogP contribution in [0.25, 0.3) is 0 Å². The predicted molar refractivity (Wildman–Crippen MR) is 81.0 cm³/mol. The molecule has 1 atom stereocenters. The van der Waals surface area contributed by atoms with Crippen LogP contribution in [-0.2, 0) is 6.42 Å². The van der Waals surface area contributed by atoms with Gasteiger partial charge in [0.1, 0.15) is 0 Å². The Kier molecular flexibility index (Phi) is 3.12. The number of benzene rings is 2. The van der Waals surface area contributed by atoms with Crippen molar-refractivity contribution in [2.75, 3.05) is 0 Å². The monoisotopic (exact) mass is 260 g/mol. The van der Waals surface area contributed by atoms with Crippen LogP contribution in [0.3, 0.4) is 0 Å². The number of nitrogens with zero attached hydrogens (tertiary/aromatic N) is 2. The molecular weight excluding hydrogens is 244 g/mol. The highest BCUT2D eigenvalue weighted by molar-refractivity contribution is 6.01. The third-order valence-corrected chi connectivity index (χ3v) is 3.84. The second kappa shape index (κ2) is 4.94. The molecule has 1 aliphatic rings. The van der Waals surface area contributed by atoms with Crippen molar-refractivity contribution in [2.45, 2.75) is 26.3 Å². The highest BCUT2D eigenvalue weighted by Gasteiger charge is 2.20. The van der Waals surface area contributed by atoms with Gasteiger partial charge in [-0.3, -0.25) is 4.99 Å². The maximum Gasteiger partial charge on any atom is 0.0991 e. The van der Waals surface area contributed by atoms with Crippen molar-refractivity contribution < 1.29 is 0 Å². The maximum absolute atomic E-state index is 8.86. The van der Waals surface area contributed by atoms with E-state index in [0.717, 1.165) is 12.1 Å². The maximum atomic E-state index is 8.86. The normalized spacial score (nSPS) is 17.1. The summed E-state index contributed by atoms with van der Waals surface area (Å²) in [7, 11) is 0. The van der Waals surface area contributed by atoms with Crippen LogP contribution in [0.5, 0.6) is 0 Å². The van der Waals surface area contributed by atoms with Gasteiger partial charge in [0, 0.05) is 5.71 Å². The number of rotatable bonds is 1. The molecule has 0 aliphatic carbocycles. The van der Waals surface area contributed by atoms with E-state index in [4.69, 9.17) is 10.3 Å². The summed E-state index contributed by atoms with van der Waals surface area (Å²) in [5, 5.41) is 8.86. The third kappa shape index (κ3) is 2.23. The van der Waals surface area contributed by atoms with E-state index in [1.165, 1.54) is 22.3 Å². The van der Waals surface area contributed by atoms with E-state index in [9.17, 15) is 0 Å². The molecular formula is C18H16N2. The van der Waals surface area contributed by atoms with Crippen molar-refractivity contribution >= 4 is 5.71 Å². The molecule has 3 rings (SSSR count). The minimum atomic E-state index is 0.164. The SMILES string of the molecule is CC1=N[C@@H](c2ccc(C#N)cc2)Cc2cc(C)ccc21. The van der Waals surface area contributed by atoms with Crippen LogP contribution < -0.4 is 0 Å². The average molecular weight is 260 g/mol. The molecule has 1 aliphatic heterocycles. The van der Waals surface area contributed by atoms with Crippen LogP contribution in [0.1, 0.15) is 40.8 Å². The van der Waals surface area contributed by atoms with Crippen molar-refractivity contribution in [3.63, 3.8) is 0 Å². The van der Waals surface area contributed by atoms with E-state index in [0.29, 0.717) is 5.56 Å². The van der Waals surface area contributed by atoms with Gasteiger partial charge < -0.3 is 0 Å². The van der Waals surface area contributed by atoms with Crippen molar-refractivity contribution in [1.82, 2.24) is 0 Å². The van der Waals surface area contributed by atoms with Crippen LogP contribution in [0.2, 0.25) is 0 Å². The van der Waals surface area contributed by atoms with E-state index < -0.39 is 0 Å². The minimum Gasteiger partial charge on any atom is -0.281 e. The van der Waals surface area contributed by atoms with Gasteiger partial charge in [-0.05, 0) is 49.1 Å². The summed E-state index contributed by atoms with van der Waals surface area (Å²) in [5.74, 6) is 0. The summed E-state index contributed by atoms with van der Waals surface area (Å²) in [6.07, 6.45) is 0.931. The molecule has 1 heterocycles. The molecule has 0 aromatic heterocycles. The summed E-state index contributed by atoms with van der Waals surface area (Å²) < 4.78 is 0. The fourth-order valence-electron chi connectivity index (χ4n) is 2.77. The Balaban J connectivity index is 1.98. The summed E-state index contributed by atoms with van der Waals surface area (Å²) in [6, 6.07) is 16.6. The van der Waals surface area contributed by atoms with Gasteiger partial charge in [-0.1, -0.05) is 35.9 Å². The number of fused-ring (bicyclic) bond motifs is 1. The molecule has 2 aromatic carbocycles. The fraction of sp³-hybridized carbons (Fsp3) is 0.222. The van der Waals surface area contributed by atoms with Gasteiger partial charge in [0.05, 0.1) is 17.7 Å². The number of hydrogen-bond acceptors (Lipinski definition) is 2. The second-order valence-electron chi connectivity index (χ2n) is 5.33. The molecule has 0 saturated heterocycles. The van der Waals surface area contributed by atoms with Gasteiger partial charge in [-0.2, -0.15) is 5.26 Å². The lowest BCUT2D eigenvalue weighted by molar-refractivity contribution is 0.710. The highest BCUT2D eigenvalue weighted by atomic mass is 14.8. The first-order chi connectivity index (χ1) is 9.67. The molecule has 2 heteroatoms. The molecule has 0 fully saturated rings. The van der Waals surface area contributed by atoms with Crippen LogP contribution in [0.4, 0.5) is 0 Å². The molecule has 0 saturated carbocycles. The fourth-order valence-corrected chi connectivity index (χ4v) is 2.77. The van der Waals surface area contributed by atoms with E-state index in [1.807, 2.05) is 24.3 Å². The number of nitriles is 1. The molecule has 0 radical (unpaired) electrons. The smallest absolute Gasteiger partial charge is 0.0991 e. The Hall–Kier alpha value is -2.40. The Morgan fingerprint density at radius 1 is 1.10 bits per heavy atom. The predicted octanol–water partition coefficient (Wildman–Crippen LogP) is 3.97. The molecule has 0 bridgehead atoms. The topological polar surface area (TPSA) is 36.1 Å². The first-order valence-electron chi connectivity index (χ1n) is 6.82. The molecule has 2 aromatic rings. The summed E-state index contributed by atoms with van der Waals surface area (Å²) in [5.41, 5.74) is 6.89. The van der Waals surface area contributed by atoms with Gasteiger partial charge in [0.25, 0.3) is 0 Å². The summed E-state index contributed by atoms with van der Waals surface area (Å²) in [6.45, 7) is 4.20. The van der Waals surface area contributed by atoms with Gasteiger partial charge in [-0.15, -0.1) is 0 Å². The second-order valence-corrected chi connectivity index (χ2v) is 5.33.